The van der Waals surface area contributed by atoms with E-state index in [2.05, 4.69) is 68.9 Å². The normalized spacial score (nSPS) is 13.7. The Balaban J connectivity index is 0. The number of halogens is 3. The molecular weight excluding hydrogens is 471 g/mol. The van der Waals surface area contributed by atoms with Crippen LogP contribution in [-0.2, 0) is 20.4 Å². The van der Waals surface area contributed by atoms with Crippen LogP contribution in [0.25, 0.3) is 0 Å². The van der Waals surface area contributed by atoms with Gasteiger partial charge in [-0.3, -0.25) is 0 Å². The molecule has 1 aromatic carbocycles. The molecular formula is C24H37Cl3SiTi. The Bertz CT molecular complexity index is 722. The molecule has 0 amide bonds. The smallest absolute Gasteiger partial charge is 1.00 e. The number of hydrogen-bond donors (Lipinski definition) is 0. The first-order chi connectivity index (χ1) is 12.3. The average Bonchev–Trinajstić information content (AvgIpc) is 2.91. The number of rotatable bonds is 8. The van der Waals surface area contributed by atoms with Gasteiger partial charge in [-0.2, -0.15) is 0 Å². The zero-order valence-electron chi connectivity index (χ0n) is 19.3. The fraction of sp³-hybridized carbons (Fsp3) is 0.583. The molecule has 162 valence electrons. The standard InChI is InChI=1S/C24H37Si.3ClH.Ti/c1-8-10-11-13-21-14-22(12-9-2)23(15-21)25-24-19(6)17(4)16(3)18(5)20(24)7;;;;/h8-13,15,25H2,1-7H3;3*1H;/q;;;;+3/p-3. The van der Waals surface area contributed by atoms with E-state index in [-0.39, 0.29) is 46.7 Å². The summed E-state index contributed by atoms with van der Waals surface area (Å²) < 4.78 is 1.67. The van der Waals surface area contributed by atoms with Crippen LogP contribution >= 0.6 is 0 Å². The summed E-state index contributed by atoms with van der Waals surface area (Å²) in [6, 6.07) is 0. The van der Waals surface area contributed by atoms with Gasteiger partial charge in [0.25, 0.3) is 0 Å². The summed E-state index contributed by atoms with van der Waals surface area (Å²) in [4.78, 5) is 0. The minimum absolute atomic E-state index is 0. The summed E-state index contributed by atoms with van der Waals surface area (Å²) in [5, 5.41) is 3.58. The second-order valence-electron chi connectivity index (χ2n) is 8.22. The largest absolute Gasteiger partial charge is 1.00 e. The molecule has 2 rings (SSSR count). The van der Waals surface area contributed by atoms with Crippen LogP contribution in [0.2, 0.25) is 0 Å². The van der Waals surface area contributed by atoms with E-state index in [0.717, 1.165) is 0 Å². The van der Waals surface area contributed by atoms with Gasteiger partial charge in [-0.1, -0.05) is 0 Å². The molecule has 1 aromatic rings. The Hall–Kier alpha value is 0.501. The van der Waals surface area contributed by atoms with Gasteiger partial charge in [0.05, 0.1) is 0 Å². The van der Waals surface area contributed by atoms with Crippen molar-refractivity contribution in [1.82, 2.24) is 0 Å². The van der Waals surface area contributed by atoms with Gasteiger partial charge >= 0.3 is 177 Å². The van der Waals surface area contributed by atoms with Crippen LogP contribution in [0.15, 0.2) is 20.2 Å². The van der Waals surface area contributed by atoms with E-state index in [1.165, 1.54) is 61.6 Å². The van der Waals surface area contributed by atoms with Crippen LogP contribution in [-0.4, -0.2) is 9.52 Å². The number of allylic oxidation sites excluding steroid dienone is 4. The van der Waals surface area contributed by atoms with Gasteiger partial charge in [0.1, 0.15) is 0 Å². The molecule has 0 spiro atoms. The third kappa shape index (κ3) is 7.26. The van der Waals surface area contributed by atoms with Crippen molar-refractivity contribution >= 4 is 14.7 Å². The average molecular weight is 508 g/mol. The summed E-state index contributed by atoms with van der Waals surface area (Å²) >= 11 is 2.42. The molecule has 0 saturated heterocycles. The van der Waals surface area contributed by atoms with E-state index in [4.69, 9.17) is 0 Å². The molecule has 29 heavy (non-hydrogen) atoms. The summed E-state index contributed by atoms with van der Waals surface area (Å²) in [6.07, 6.45) is 9.25. The molecule has 0 nitrogen and oxygen atoms in total. The van der Waals surface area contributed by atoms with Crippen molar-refractivity contribution in [3.63, 3.8) is 0 Å². The minimum Gasteiger partial charge on any atom is -1.00 e. The zero-order chi connectivity index (χ0) is 19.4. The molecule has 5 heteroatoms. The van der Waals surface area contributed by atoms with Gasteiger partial charge in [0.15, 0.2) is 0 Å². The van der Waals surface area contributed by atoms with Gasteiger partial charge in [0.2, 0.25) is 0 Å². The molecule has 1 aliphatic carbocycles. The predicted octanol–water partition coefficient (Wildman–Crippen LogP) is -3.13. The van der Waals surface area contributed by atoms with Crippen molar-refractivity contribution in [3.8, 4) is 0 Å². The van der Waals surface area contributed by atoms with E-state index in [1.807, 2.05) is 5.20 Å². The molecule has 0 N–H and O–H groups in total. The fourth-order valence-electron chi connectivity index (χ4n) is 4.42. The van der Waals surface area contributed by atoms with Crippen molar-refractivity contribution in [2.45, 2.75) is 93.4 Å². The third-order valence-corrected chi connectivity index (χ3v) is 10.2. The van der Waals surface area contributed by atoms with Gasteiger partial charge in [-0.25, -0.2) is 0 Å². The summed E-state index contributed by atoms with van der Waals surface area (Å²) in [5.74, 6) is 0. The molecule has 0 aliphatic heterocycles. The molecule has 0 atom stereocenters. The zero-order valence-corrected chi connectivity index (χ0v) is 24.5. The van der Waals surface area contributed by atoms with E-state index >= 15 is 0 Å². The van der Waals surface area contributed by atoms with Crippen molar-refractivity contribution in [1.29, 1.82) is 0 Å². The van der Waals surface area contributed by atoms with Gasteiger partial charge in [0, 0.05) is 0 Å². The number of benzene rings is 1. The molecule has 0 saturated carbocycles. The van der Waals surface area contributed by atoms with E-state index in [0.29, 0.717) is 0 Å². The molecule has 0 aromatic heterocycles. The Kier molecular flexibility index (Phi) is 15.9. The second-order valence-corrected chi connectivity index (χ2v) is 10.9. The molecule has 0 bridgehead atoms. The third-order valence-electron chi connectivity index (χ3n) is 6.64. The maximum atomic E-state index is 2.42. The van der Waals surface area contributed by atoms with Gasteiger partial charge < -0.3 is 37.2 Å². The Morgan fingerprint density at radius 1 is 0.724 bits per heavy atom. The van der Waals surface area contributed by atoms with E-state index in [9.17, 15) is 0 Å². The van der Waals surface area contributed by atoms with Crippen LogP contribution in [0.1, 0.15) is 86.6 Å². The van der Waals surface area contributed by atoms with Crippen molar-refractivity contribution in [2.24, 2.45) is 0 Å². The van der Waals surface area contributed by atoms with Crippen LogP contribution < -0.4 is 42.4 Å². The quantitative estimate of drug-likeness (QED) is 0.258. The van der Waals surface area contributed by atoms with Crippen LogP contribution in [0, 0.1) is 34.6 Å². The predicted molar refractivity (Wildman–Crippen MR) is 116 cm³/mol. The topological polar surface area (TPSA) is 0 Å². The SMILES string of the molecule is CCCCCC1=[C]([Ti+3])C(CCC)=C([SiH2]c2c(C)c(C)c(C)c(C)c2C)C1.[Cl-].[Cl-].[Cl-]. The number of hydrogen-bond acceptors (Lipinski definition) is 0. The summed E-state index contributed by atoms with van der Waals surface area (Å²) in [6.45, 7) is 16.3. The van der Waals surface area contributed by atoms with Gasteiger partial charge in [-0.15, -0.1) is 0 Å². The maximum Gasteiger partial charge on any atom is -1.00 e. The van der Waals surface area contributed by atoms with Gasteiger partial charge in [-0.05, 0) is 0 Å². The molecule has 1 aliphatic rings. The first-order valence-electron chi connectivity index (χ1n) is 10.5. The van der Waals surface area contributed by atoms with Crippen molar-refractivity contribution in [3.05, 3.63) is 48.0 Å². The fourth-order valence-corrected chi connectivity index (χ4v) is 7.98. The van der Waals surface area contributed by atoms with Crippen LogP contribution in [0.3, 0.4) is 0 Å². The first kappa shape index (κ1) is 31.7. The maximum absolute atomic E-state index is 2.42. The van der Waals surface area contributed by atoms with E-state index in [1.54, 1.807) is 31.3 Å². The molecule has 0 fully saturated rings. The van der Waals surface area contributed by atoms with Crippen molar-refractivity contribution in [2.75, 3.05) is 0 Å². The Morgan fingerprint density at radius 2 is 1.24 bits per heavy atom. The Labute approximate surface area is 212 Å². The monoisotopic (exact) mass is 506 g/mol. The molecule has 0 unspecified atom stereocenters. The van der Waals surface area contributed by atoms with E-state index < -0.39 is 0 Å². The minimum atomic E-state index is -0.373. The summed E-state index contributed by atoms with van der Waals surface area (Å²) in [7, 11) is -0.373. The number of unbranched alkanes of at least 4 members (excludes halogenated alkanes) is 2. The van der Waals surface area contributed by atoms with Crippen molar-refractivity contribution < 1.29 is 57.7 Å². The molecule has 0 heterocycles. The second kappa shape index (κ2) is 14.5. The first-order valence-corrected chi connectivity index (χ1v) is 12.7. The summed E-state index contributed by atoms with van der Waals surface area (Å²) in [5.41, 5.74) is 11.2. The van der Waals surface area contributed by atoms with Crippen LogP contribution in [0.4, 0.5) is 0 Å². The molecule has 0 radical (unpaired) electrons. The Morgan fingerprint density at radius 3 is 1.72 bits per heavy atom. The van der Waals surface area contributed by atoms with Crippen LogP contribution in [0.5, 0.6) is 0 Å².